The molecule has 0 spiro atoms. The topological polar surface area (TPSA) is 99.5 Å². The highest BCUT2D eigenvalue weighted by Gasteiger charge is 2.17. The number of hydrogen-bond acceptors (Lipinski definition) is 7. The van der Waals surface area contributed by atoms with E-state index in [0.717, 1.165) is 16.4 Å². The van der Waals surface area contributed by atoms with Gasteiger partial charge >= 0.3 is 0 Å². The largest absolute Gasteiger partial charge is 0.398 e. The van der Waals surface area contributed by atoms with Gasteiger partial charge in [-0.15, -0.1) is 10.2 Å². The first-order chi connectivity index (χ1) is 14.3. The summed E-state index contributed by atoms with van der Waals surface area (Å²) in [5, 5.41) is 22.1. The second-order valence-corrected chi connectivity index (χ2v) is 8.29. The van der Waals surface area contributed by atoms with Crippen molar-refractivity contribution in [1.82, 2.24) is 29.8 Å². The van der Waals surface area contributed by atoms with Gasteiger partial charge in [-0.1, -0.05) is 17.4 Å². The van der Waals surface area contributed by atoms with Crippen molar-refractivity contribution in [3.8, 4) is 0 Å². The van der Waals surface area contributed by atoms with Crippen LogP contribution in [0.2, 0.25) is 0 Å². The van der Waals surface area contributed by atoms with E-state index in [2.05, 4.69) is 25.7 Å². The Morgan fingerprint density at radius 2 is 1.97 bits per heavy atom. The van der Waals surface area contributed by atoms with Crippen LogP contribution in [-0.2, 0) is 6.54 Å². The minimum absolute atomic E-state index is 0.0171. The Morgan fingerprint density at radius 3 is 2.70 bits per heavy atom. The highest BCUT2D eigenvalue weighted by Crippen LogP contribution is 2.27. The Bertz CT molecular complexity index is 1190. The van der Waals surface area contributed by atoms with Gasteiger partial charge in [0.2, 0.25) is 5.13 Å². The summed E-state index contributed by atoms with van der Waals surface area (Å²) in [6.07, 6.45) is 1.77. The maximum Gasteiger partial charge on any atom is 0.211 e. The molecule has 0 aliphatic heterocycles. The number of rotatable bonds is 6. The van der Waals surface area contributed by atoms with Crippen LogP contribution in [0.4, 0.5) is 21.0 Å². The number of aromatic nitrogens is 6. The van der Waals surface area contributed by atoms with E-state index in [1.807, 2.05) is 31.5 Å². The van der Waals surface area contributed by atoms with E-state index in [-0.39, 0.29) is 18.4 Å². The van der Waals surface area contributed by atoms with Crippen LogP contribution in [0, 0.1) is 26.6 Å². The first kappa shape index (κ1) is 20.0. The van der Waals surface area contributed by atoms with E-state index >= 15 is 0 Å². The van der Waals surface area contributed by atoms with Crippen LogP contribution in [0.5, 0.6) is 0 Å². The molecule has 4 aromatic rings. The van der Waals surface area contributed by atoms with Gasteiger partial charge in [-0.05, 0) is 45.4 Å². The summed E-state index contributed by atoms with van der Waals surface area (Å²) in [5.41, 5.74) is 9.39. The molecule has 3 N–H and O–H groups in total. The van der Waals surface area contributed by atoms with Crippen LogP contribution >= 0.6 is 11.3 Å². The summed E-state index contributed by atoms with van der Waals surface area (Å²) in [4.78, 5) is 0. The molecular weight excluding hydrogens is 403 g/mol. The first-order valence-corrected chi connectivity index (χ1v) is 10.3. The molecule has 3 aromatic heterocycles. The van der Waals surface area contributed by atoms with Gasteiger partial charge in [-0.2, -0.15) is 10.2 Å². The Labute approximate surface area is 177 Å². The number of nitrogens with zero attached hydrogens (tertiary/aromatic N) is 6. The molecule has 0 aliphatic carbocycles. The molecule has 0 fully saturated rings. The quantitative estimate of drug-likeness (QED) is 0.453. The van der Waals surface area contributed by atoms with Crippen LogP contribution in [0.15, 0.2) is 30.5 Å². The van der Waals surface area contributed by atoms with E-state index in [9.17, 15) is 4.39 Å². The average Bonchev–Trinajstić information content (AvgIpc) is 3.42. The number of benzene rings is 1. The van der Waals surface area contributed by atoms with Crippen molar-refractivity contribution in [3.63, 3.8) is 0 Å². The smallest absolute Gasteiger partial charge is 0.211 e. The molecule has 4 rings (SSSR count). The van der Waals surface area contributed by atoms with E-state index < -0.39 is 0 Å². The van der Waals surface area contributed by atoms with Gasteiger partial charge in [0, 0.05) is 29.2 Å². The SMILES string of the molecule is Cc1cc(C)n(C(C)c2nnc(Nc3ccn(Cc4c(N)ccc(C)c4F)n3)s2)n1. The van der Waals surface area contributed by atoms with E-state index in [1.165, 1.54) is 11.3 Å². The second kappa shape index (κ2) is 7.86. The van der Waals surface area contributed by atoms with Gasteiger partial charge in [-0.3, -0.25) is 9.36 Å². The maximum absolute atomic E-state index is 14.4. The van der Waals surface area contributed by atoms with Gasteiger partial charge in [0.05, 0.1) is 12.2 Å². The average molecular weight is 427 g/mol. The van der Waals surface area contributed by atoms with Crippen molar-refractivity contribution in [3.05, 3.63) is 63.8 Å². The molecule has 10 heteroatoms. The maximum atomic E-state index is 14.4. The van der Waals surface area contributed by atoms with E-state index in [1.54, 1.807) is 36.0 Å². The lowest BCUT2D eigenvalue weighted by molar-refractivity contribution is 0.540. The third kappa shape index (κ3) is 3.90. The van der Waals surface area contributed by atoms with Crippen molar-refractivity contribution in [2.45, 2.75) is 40.3 Å². The molecule has 1 unspecified atom stereocenters. The molecule has 3 heterocycles. The highest BCUT2D eigenvalue weighted by molar-refractivity contribution is 7.15. The fraction of sp³-hybridized carbons (Fsp3) is 0.300. The fourth-order valence-corrected chi connectivity index (χ4v) is 4.09. The molecule has 0 radical (unpaired) electrons. The van der Waals surface area contributed by atoms with Crippen LogP contribution in [0.1, 0.15) is 40.5 Å². The monoisotopic (exact) mass is 426 g/mol. The van der Waals surface area contributed by atoms with Crippen LogP contribution in [0.25, 0.3) is 0 Å². The zero-order valence-electron chi connectivity index (χ0n) is 17.2. The molecule has 0 amide bonds. The molecule has 1 atom stereocenters. The lowest BCUT2D eigenvalue weighted by atomic mass is 10.1. The normalized spacial score (nSPS) is 12.3. The molecule has 30 heavy (non-hydrogen) atoms. The zero-order valence-corrected chi connectivity index (χ0v) is 18.0. The Morgan fingerprint density at radius 1 is 1.17 bits per heavy atom. The molecule has 0 bridgehead atoms. The van der Waals surface area contributed by atoms with E-state index in [0.29, 0.717) is 27.8 Å². The number of nitrogen functional groups attached to an aromatic ring is 1. The van der Waals surface area contributed by atoms with Crippen LogP contribution in [-0.4, -0.2) is 29.8 Å². The Balaban J connectivity index is 1.47. The van der Waals surface area contributed by atoms with Crippen molar-refractivity contribution in [2.75, 3.05) is 11.1 Å². The zero-order chi connectivity index (χ0) is 21.4. The number of nitrogens with two attached hydrogens (primary N) is 1. The van der Waals surface area contributed by atoms with Crippen LogP contribution < -0.4 is 11.1 Å². The van der Waals surface area contributed by atoms with Crippen molar-refractivity contribution < 1.29 is 4.39 Å². The van der Waals surface area contributed by atoms with Gasteiger partial charge in [0.25, 0.3) is 0 Å². The summed E-state index contributed by atoms with van der Waals surface area (Å²) in [6.45, 7) is 7.99. The molecule has 0 saturated carbocycles. The predicted molar refractivity (Wildman–Crippen MR) is 116 cm³/mol. The summed E-state index contributed by atoms with van der Waals surface area (Å²) in [7, 11) is 0. The number of hydrogen-bond donors (Lipinski definition) is 2. The lowest BCUT2D eigenvalue weighted by Crippen LogP contribution is -2.10. The molecule has 0 aliphatic rings. The third-order valence-electron chi connectivity index (χ3n) is 4.88. The molecule has 1 aromatic carbocycles. The summed E-state index contributed by atoms with van der Waals surface area (Å²) in [5.74, 6) is 0.301. The number of halogens is 1. The lowest BCUT2D eigenvalue weighted by Gasteiger charge is -2.10. The third-order valence-corrected chi connectivity index (χ3v) is 5.89. The van der Waals surface area contributed by atoms with Gasteiger partial charge in [0.1, 0.15) is 16.9 Å². The Kier molecular flexibility index (Phi) is 5.25. The predicted octanol–water partition coefficient (Wildman–Crippen LogP) is 3.98. The van der Waals surface area contributed by atoms with Gasteiger partial charge in [0.15, 0.2) is 5.82 Å². The molecular formula is C20H23FN8S. The standard InChI is InChI=1S/C20H23FN8S/c1-11-5-6-16(22)15(18(11)21)10-28-8-7-17(27-28)23-20-25-24-19(30-20)14(4)29-13(3)9-12(2)26-29/h5-9,14H,10,22H2,1-4H3,(H,23,25,27). The van der Waals surface area contributed by atoms with Crippen LogP contribution in [0.3, 0.4) is 0 Å². The molecule has 0 saturated heterocycles. The van der Waals surface area contributed by atoms with Gasteiger partial charge in [-0.25, -0.2) is 4.39 Å². The number of aryl methyl sites for hydroxylation is 3. The highest BCUT2D eigenvalue weighted by atomic mass is 32.1. The summed E-state index contributed by atoms with van der Waals surface area (Å²) in [6, 6.07) is 7.20. The van der Waals surface area contributed by atoms with E-state index in [4.69, 9.17) is 5.73 Å². The molecule has 156 valence electrons. The second-order valence-electron chi connectivity index (χ2n) is 7.28. The minimum atomic E-state index is -0.299. The number of anilines is 3. The fourth-order valence-electron chi connectivity index (χ4n) is 3.30. The minimum Gasteiger partial charge on any atom is -0.398 e. The first-order valence-electron chi connectivity index (χ1n) is 9.52. The summed E-state index contributed by atoms with van der Waals surface area (Å²) < 4.78 is 18.0. The van der Waals surface area contributed by atoms with Crippen molar-refractivity contribution in [2.24, 2.45) is 0 Å². The van der Waals surface area contributed by atoms with Gasteiger partial charge < -0.3 is 11.1 Å². The number of nitrogens with one attached hydrogen (secondary N) is 1. The van der Waals surface area contributed by atoms with Crippen molar-refractivity contribution >= 4 is 28.0 Å². The molecule has 8 nitrogen and oxygen atoms in total. The summed E-state index contributed by atoms with van der Waals surface area (Å²) >= 11 is 1.45. The van der Waals surface area contributed by atoms with Crippen molar-refractivity contribution in [1.29, 1.82) is 0 Å². The Hall–Kier alpha value is -3.27.